The third kappa shape index (κ3) is 2.96. The quantitative estimate of drug-likeness (QED) is 0.776. The fraction of sp³-hybridized carbons (Fsp3) is 0.923. The number of aliphatic carboxylic acids is 1. The summed E-state index contributed by atoms with van der Waals surface area (Å²) >= 11 is 0. The van der Waals surface area contributed by atoms with Crippen molar-refractivity contribution in [3.8, 4) is 0 Å². The molecule has 15 heavy (non-hydrogen) atoms. The Morgan fingerprint density at radius 2 is 2.13 bits per heavy atom. The summed E-state index contributed by atoms with van der Waals surface area (Å²) in [4.78, 5) is 11.2. The Morgan fingerprint density at radius 3 is 2.60 bits per heavy atom. The molecular formula is C13H24O2. The highest BCUT2D eigenvalue weighted by Crippen LogP contribution is 2.45. The summed E-state index contributed by atoms with van der Waals surface area (Å²) in [5.41, 5.74) is 0.333. The van der Waals surface area contributed by atoms with Crippen LogP contribution in [-0.2, 0) is 4.79 Å². The predicted molar refractivity (Wildman–Crippen MR) is 61.7 cm³/mol. The normalized spacial score (nSPS) is 32.3. The molecular weight excluding hydrogens is 188 g/mol. The summed E-state index contributed by atoms with van der Waals surface area (Å²) in [7, 11) is 0. The van der Waals surface area contributed by atoms with E-state index in [4.69, 9.17) is 0 Å². The lowest BCUT2D eigenvalue weighted by molar-refractivity contribution is -0.147. The van der Waals surface area contributed by atoms with E-state index in [1.165, 1.54) is 0 Å². The summed E-state index contributed by atoms with van der Waals surface area (Å²) < 4.78 is 0. The number of hydrogen-bond donors (Lipinski definition) is 1. The van der Waals surface area contributed by atoms with Crippen molar-refractivity contribution < 1.29 is 9.90 Å². The van der Waals surface area contributed by atoms with Crippen molar-refractivity contribution in [1.29, 1.82) is 0 Å². The van der Waals surface area contributed by atoms with Gasteiger partial charge in [-0.1, -0.05) is 34.1 Å². The molecule has 0 aromatic carbocycles. The Labute approximate surface area is 93.1 Å². The van der Waals surface area contributed by atoms with Crippen molar-refractivity contribution in [3.63, 3.8) is 0 Å². The number of carboxylic acids is 1. The van der Waals surface area contributed by atoms with Crippen LogP contribution < -0.4 is 0 Å². The van der Waals surface area contributed by atoms with Crippen LogP contribution in [0.2, 0.25) is 0 Å². The summed E-state index contributed by atoms with van der Waals surface area (Å²) in [6.45, 7) is 8.88. The Kier molecular flexibility index (Phi) is 3.80. The standard InChI is InChI=1S/C13H24O2/c1-5-9(2)11-8-13(3,4)7-6-10(11)12(14)15/h9-11H,5-8H2,1-4H3,(H,14,15). The summed E-state index contributed by atoms with van der Waals surface area (Å²) in [5.74, 6) is 0.214. The highest BCUT2D eigenvalue weighted by molar-refractivity contribution is 5.70. The van der Waals surface area contributed by atoms with Crippen LogP contribution in [0.1, 0.15) is 53.4 Å². The molecule has 2 heteroatoms. The van der Waals surface area contributed by atoms with Gasteiger partial charge in [-0.2, -0.15) is 0 Å². The van der Waals surface area contributed by atoms with Crippen molar-refractivity contribution in [2.24, 2.45) is 23.2 Å². The zero-order valence-corrected chi connectivity index (χ0v) is 10.4. The van der Waals surface area contributed by atoms with Gasteiger partial charge in [0.05, 0.1) is 5.92 Å². The first-order valence-corrected chi connectivity index (χ1v) is 6.10. The molecule has 0 aromatic heterocycles. The van der Waals surface area contributed by atoms with Gasteiger partial charge in [-0.25, -0.2) is 0 Å². The van der Waals surface area contributed by atoms with E-state index in [9.17, 15) is 9.90 Å². The maximum Gasteiger partial charge on any atom is 0.306 e. The summed E-state index contributed by atoms with van der Waals surface area (Å²) in [5, 5.41) is 9.22. The lowest BCUT2D eigenvalue weighted by Gasteiger charge is -2.41. The SMILES string of the molecule is CCC(C)C1CC(C)(C)CCC1C(=O)O. The zero-order chi connectivity index (χ0) is 11.6. The average molecular weight is 212 g/mol. The van der Waals surface area contributed by atoms with E-state index < -0.39 is 5.97 Å². The van der Waals surface area contributed by atoms with Crippen LogP contribution >= 0.6 is 0 Å². The van der Waals surface area contributed by atoms with E-state index >= 15 is 0 Å². The minimum atomic E-state index is -0.587. The predicted octanol–water partition coefficient (Wildman–Crippen LogP) is 3.56. The van der Waals surface area contributed by atoms with Crippen molar-refractivity contribution >= 4 is 5.97 Å². The van der Waals surface area contributed by atoms with Crippen molar-refractivity contribution in [2.75, 3.05) is 0 Å². The Balaban J connectivity index is 2.78. The number of carbonyl (C=O) groups is 1. The first kappa shape index (κ1) is 12.5. The van der Waals surface area contributed by atoms with Crippen LogP contribution in [0.4, 0.5) is 0 Å². The van der Waals surface area contributed by atoms with E-state index in [-0.39, 0.29) is 5.92 Å². The molecule has 1 rings (SSSR count). The van der Waals surface area contributed by atoms with E-state index in [0.717, 1.165) is 25.7 Å². The molecule has 0 saturated heterocycles. The van der Waals surface area contributed by atoms with Gasteiger partial charge < -0.3 is 5.11 Å². The van der Waals surface area contributed by atoms with Crippen LogP contribution in [0.15, 0.2) is 0 Å². The highest BCUT2D eigenvalue weighted by atomic mass is 16.4. The molecule has 1 fully saturated rings. The maximum atomic E-state index is 11.2. The largest absolute Gasteiger partial charge is 0.481 e. The highest BCUT2D eigenvalue weighted by Gasteiger charge is 2.40. The van der Waals surface area contributed by atoms with Gasteiger partial charge in [-0.05, 0) is 36.5 Å². The smallest absolute Gasteiger partial charge is 0.306 e. The number of rotatable bonds is 3. The first-order chi connectivity index (χ1) is 6.87. The van der Waals surface area contributed by atoms with Gasteiger partial charge in [0, 0.05) is 0 Å². The van der Waals surface area contributed by atoms with Gasteiger partial charge in [0.1, 0.15) is 0 Å². The maximum absolute atomic E-state index is 11.2. The Morgan fingerprint density at radius 1 is 1.53 bits per heavy atom. The fourth-order valence-electron chi connectivity index (χ4n) is 2.85. The minimum absolute atomic E-state index is 0.104. The van der Waals surface area contributed by atoms with E-state index in [1.807, 2.05) is 0 Å². The second kappa shape index (κ2) is 4.54. The molecule has 3 atom stereocenters. The van der Waals surface area contributed by atoms with Crippen LogP contribution in [0.25, 0.3) is 0 Å². The van der Waals surface area contributed by atoms with Crippen LogP contribution in [0.5, 0.6) is 0 Å². The van der Waals surface area contributed by atoms with Crippen molar-refractivity contribution in [1.82, 2.24) is 0 Å². The molecule has 0 amide bonds. The van der Waals surface area contributed by atoms with Gasteiger partial charge in [-0.15, -0.1) is 0 Å². The fourth-order valence-corrected chi connectivity index (χ4v) is 2.85. The zero-order valence-electron chi connectivity index (χ0n) is 10.4. The van der Waals surface area contributed by atoms with Crippen molar-refractivity contribution in [3.05, 3.63) is 0 Å². The monoisotopic (exact) mass is 212 g/mol. The number of carboxylic acid groups (broad SMARTS) is 1. The molecule has 0 radical (unpaired) electrons. The summed E-state index contributed by atoms with van der Waals surface area (Å²) in [6, 6.07) is 0. The second-order valence-electron chi connectivity index (χ2n) is 5.90. The minimum Gasteiger partial charge on any atom is -0.481 e. The molecule has 0 spiro atoms. The number of hydrogen-bond acceptors (Lipinski definition) is 1. The lowest BCUT2D eigenvalue weighted by Crippen LogP contribution is -2.37. The molecule has 1 aliphatic carbocycles. The van der Waals surface area contributed by atoms with E-state index in [2.05, 4.69) is 27.7 Å². The van der Waals surface area contributed by atoms with Crippen LogP contribution in [0, 0.1) is 23.2 Å². The molecule has 0 heterocycles. The van der Waals surface area contributed by atoms with Gasteiger partial charge in [-0.3, -0.25) is 4.79 Å². The molecule has 0 aromatic rings. The molecule has 88 valence electrons. The van der Waals surface area contributed by atoms with Gasteiger partial charge >= 0.3 is 5.97 Å². The van der Waals surface area contributed by atoms with Crippen molar-refractivity contribution in [2.45, 2.75) is 53.4 Å². The lowest BCUT2D eigenvalue weighted by atomic mass is 9.63. The topological polar surface area (TPSA) is 37.3 Å². The molecule has 0 aliphatic heterocycles. The third-order valence-electron chi connectivity index (χ3n) is 4.13. The molecule has 2 nitrogen and oxygen atoms in total. The van der Waals surface area contributed by atoms with Gasteiger partial charge in [0.25, 0.3) is 0 Å². The molecule has 1 N–H and O–H groups in total. The van der Waals surface area contributed by atoms with E-state index in [1.54, 1.807) is 0 Å². The molecule has 1 aliphatic rings. The summed E-state index contributed by atoms with van der Waals surface area (Å²) in [6.07, 6.45) is 4.07. The Hall–Kier alpha value is -0.530. The van der Waals surface area contributed by atoms with E-state index in [0.29, 0.717) is 17.3 Å². The van der Waals surface area contributed by atoms with Gasteiger partial charge in [0.15, 0.2) is 0 Å². The third-order valence-corrected chi connectivity index (χ3v) is 4.13. The molecule has 0 bridgehead atoms. The first-order valence-electron chi connectivity index (χ1n) is 6.10. The van der Waals surface area contributed by atoms with Crippen LogP contribution in [0.3, 0.4) is 0 Å². The molecule has 3 unspecified atom stereocenters. The van der Waals surface area contributed by atoms with Gasteiger partial charge in [0.2, 0.25) is 0 Å². The van der Waals surface area contributed by atoms with Crippen LogP contribution in [-0.4, -0.2) is 11.1 Å². The second-order valence-corrected chi connectivity index (χ2v) is 5.90. The Bertz CT molecular complexity index is 233. The molecule has 1 saturated carbocycles. The average Bonchev–Trinajstić information content (AvgIpc) is 2.14.